The molecule has 0 amide bonds. The van der Waals surface area contributed by atoms with Gasteiger partial charge in [-0.1, -0.05) is 22.9 Å². The summed E-state index contributed by atoms with van der Waals surface area (Å²) in [6, 6.07) is 6.58. The molecule has 0 aromatic heterocycles. The molecule has 2 aliphatic rings. The Morgan fingerprint density at radius 1 is 1.53 bits per heavy atom. The lowest BCUT2D eigenvalue weighted by atomic mass is 9.73. The lowest BCUT2D eigenvalue weighted by Gasteiger charge is -2.38. The number of rotatable bonds is 1. The van der Waals surface area contributed by atoms with Gasteiger partial charge in [0.05, 0.1) is 6.10 Å². The largest absolute Gasteiger partial charge is 0.384 e. The Morgan fingerprint density at radius 3 is 3.24 bits per heavy atom. The molecular weight excluding hydrogens is 278 g/mol. The molecule has 0 bridgehead atoms. The summed E-state index contributed by atoms with van der Waals surface area (Å²) in [7, 11) is 0. The molecule has 0 saturated carbocycles. The van der Waals surface area contributed by atoms with Crippen LogP contribution in [-0.2, 0) is 10.2 Å². The summed E-state index contributed by atoms with van der Waals surface area (Å²) < 4.78 is 7.00. The van der Waals surface area contributed by atoms with Crippen LogP contribution >= 0.6 is 15.9 Å². The maximum Gasteiger partial charge on any atom is 0.0581 e. The van der Waals surface area contributed by atoms with Crippen molar-refractivity contribution < 1.29 is 4.74 Å². The van der Waals surface area contributed by atoms with Crippen LogP contribution in [-0.4, -0.2) is 19.3 Å². The molecule has 2 nitrogen and oxygen atoms in total. The van der Waals surface area contributed by atoms with Crippen molar-refractivity contribution in [3.8, 4) is 0 Å². The molecule has 2 unspecified atom stereocenters. The SMILES string of the molecule is CCC1CC2(CCO1)CNc1ccc(Br)cc12. The van der Waals surface area contributed by atoms with E-state index in [1.807, 2.05) is 0 Å². The second-order valence-corrected chi connectivity index (χ2v) is 6.09. The van der Waals surface area contributed by atoms with Gasteiger partial charge in [-0.3, -0.25) is 0 Å². The Labute approximate surface area is 111 Å². The van der Waals surface area contributed by atoms with Crippen LogP contribution < -0.4 is 5.32 Å². The number of hydrogen-bond acceptors (Lipinski definition) is 2. The van der Waals surface area contributed by atoms with Gasteiger partial charge in [-0.25, -0.2) is 0 Å². The highest BCUT2D eigenvalue weighted by atomic mass is 79.9. The molecule has 2 aliphatic heterocycles. The Hall–Kier alpha value is -0.540. The van der Waals surface area contributed by atoms with Crippen LogP contribution in [0.4, 0.5) is 5.69 Å². The minimum atomic E-state index is 0.304. The highest BCUT2D eigenvalue weighted by Crippen LogP contribution is 2.46. The third kappa shape index (κ3) is 1.89. The van der Waals surface area contributed by atoms with Gasteiger partial charge in [0.15, 0.2) is 0 Å². The first-order chi connectivity index (χ1) is 8.23. The molecule has 2 atom stereocenters. The molecule has 3 heteroatoms. The quantitative estimate of drug-likeness (QED) is 0.853. The summed E-state index contributed by atoms with van der Waals surface area (Å²) in [6.07, 6.45) is 3.83. The predicted octanol–water partition coefficient (Wildman–Crippen LogP) is 3.70. The van der Waals surface area contributed by atoms with Gasteiger partial charge in [0, 0.05) is 28.7 Å². The van der Waals surface area contributed by atoms with E-state index in [0.717, 1.165) is 32.4 Å². The van der Waals surface area contributed by atoms with Gasteiger partial charge in [0.25, 0.3) is 0 Å². The third-order valence-electron chi connectivity index (χ3n) is 4.18. The molecular formula is C14H18BrNO. The van der Waals surface area contributed by atoms with Crippen LogP contribution in [0.15, 0.2) is 22.7 Å². The molecule has 1 fully saturated rings. The van der Waals surface area contributed by atoms with Gasteiger partial charge < -0.3 is 10.1 Å². The molecule has 92 valence electrons. The Bertz CT molecular complexity index is 430. The molecule has 3 rings (SSSR count). The average molecular weight is 296 g/mol. The van der Waals surface area contributed by atoms with E-state index in [-0.39, 0.29) is 0 Å². The number of hydrogen-bond donors (Lipinski definition) is 1. The van der Waals surface area contributed by atoms with E-state index in [2.05, 4.69) is 46.4 Å². The molecule has 0 radical (unpaired) electrons. The first-order valence-corrected chi connectivity index (χ1v) is 7.18. The van der Waals surface area contributed by atoms with Gasteiger partial charge in [-0.05, 0) is 43.0 Å². The van der Waals surface area contributed by atoms with Crippen molar-refractivity contribution in [1.82, 2.24) is 0 Å². The Morgan fingerprint density at radius 2 is 2.41 bits per heavy atom. The van der Waals surface area contributed by atoms with Gasteiger partial charge in [0.2, 0.25) is 0 Å². The van der Waals surface area contributed by atoms with E-state index in [9.17, 15) is 0 Å². The van der Waals surface area contributed by atoms with Crippen molar-refractivity contribution in [1.29, 1.82) is 0 Å². The smallest absolute Gasteiger partial charge is 0.0581 e. The van der Waals surface area contributed by atoms with Crippen molar-refractivity contribution in [3.63, 3.8) is 0 Å². The average Bonchev–Trinajstić information content (AvgIpc) is 2.68. The third-order valence-corrected chi connectivity index (χ3v) is 4.67. The van der Waals surface area contributed by atoms with E-state index in [4.69, 9.17) is 4.74 Å². The second-order valence-electron chi connectivity index (χ2n) is 5.18. The lowest BCUT2D eigenvalue weighted by molar-refractivity contribution is -0.0179. The minimum Gasteiger partial charge on any atom is -0.384 e. The zero-order valence-corrected chi connectivity index (χ0v) is 11.7. The van der Waals surface area contributed by atoms with Gasteiger partial charge >= 0.3 is 0 Å². The van der Waals surface area contributed by atoms with E-state index in [1.165, 1.54) is 15.7 Å². The van der Waals surface area contributed by atoms with Crippen molar-refractivity contribution in [2.24, 2.45) is 0 Å². The first-order valence-electron chi connectivity index (χ1n) is 6.39. The fourth-order valence-corrected chi connectivity index (χ4v) is 3.52. The highest BCUT2D eigenvalue weighted by molar-refractivity contribution is 9.10. The van der Waals surface area contributed by atoms with Crippen molar-refractivity contribution >= 4 is 21.6 Å². The molecule has 1 spiro atoms. The van der Waals surface area contributed by atoms with E-state index >= 15 is 0 Å². The molecule has 17 heavy (non-hydrogen) atoms. The zero-order valence-electron chi connectivity index (χ0n) is 10.1. The lowest BCUT2D eigenvalue weighted by Crippen LogP contribution is -2.40. The number of anilines is 1. The number of benzene rings is 1. The van der Waals surface area contributed by atoms with Crippen molar-refractivity contribution in [2.45, 2.75) is 37.7 Å². The second kappa shape index (κ2) is 4.29. The number of ether oxygens (including phenoxy) is 1. The maximum atomic E-state index is 5.82. The summed E-state index contributed by atoms with van der Waals surface area (Å²) in [5, 5.41) is 3.56. The molecule has 1 saturated heterocycles. The van der Waals surface area contributed by atoms with E-state index in [1.54, 1.807) is 0 Å². The minimum absolute atomic E-state index is 0.304. The summed E-state index contributed by atoms with van der Waals surface area (Å²) in [5.41, 5.74) is 3.09. The Kier molecular flexibility index (Phi) is 2.91. The Balaban J connectivity index is 1.98. The summed E-state index contributed by atoms with van der Waals surface area (Å²) in [6.45, 7) is 4.18. The molecule has 1 N–H and O–H groups in total. The highest BCUT2D eigenvalue weighted by Gasteiger charge is 2.42. The van der Waals surface area contributed by atoms with Crippen molar-refractivity contribution in [2.75, 3.05) is 18.5 Å². The van der Waals surface area contributed by atoms with Gasteiger partial charge in [-0.2, -0.15) is 0 Å². The molecule has 2 heterocycles. The number of nitrogens with one attached hydrogen (secondary N) is 1. The predicted molar refractivity (Wildman–Crippen MR) is 73.6 cm³/mol. The maximum absolute atomic E-state index is 5.82. The zero-order chi connectivity index (χ0) is 11.9. The normalized spacial score (nSPS) is 31.3. The van der Waals surface area contributed by atoms with E-state index in [0.29, 0.717) is 11.5 Å². The van der Waals surface area contributed by atoms with Crippen LogP contribution in [0.3, 0.4) is 0 Å². The van der Waals surface area contributed by atoms with Crippen molar-refractivity contribution in [3.05, 3.63) is 28.2 Å². The summed E-state index contributed by atoms with van der Waals surface area (Å²) in [4.78, 5) is 0. The fraction of sp³-hybridized carbons (Fsp3) is 0.571. The molecule has 1 aromatic carbocycles. The fourth-order valence-electron chi connectivity index (χ4n) is 3.15. The van der Waals surface area contributed by atoms with Crippen LogP contribution in [0.2, 0.25) is 0 Å². The van der Waals surface area contributed by atoms with Crippen LogP contribution in [0.1, 0.15) is 31.7 Å². The summed E-state index contributed by atoms with van der Waals surface area (Å²) in [5.74, 6) is 0. The molecule has 0 aliphatic carbocycles. The van der Waals surface area contributed by atoms with Crippen LogP contribution in [0.5, 0.6) is 0 Å². The standard InChI is InChI=1S/C14H18BrNO/c1-2-11-8-14(5-6-17-11)9-16-13-4-3-10(15)7-12(13)14/h3-4,7,11,16H,2,5-6,8-9H2,1H3. The topological polar surface area (TPSA) is 21.3 Å². The molecule has 1 aromatic rings. The number of fused-ring (bicyclic) bond motifs is 2. The van der Waals surface area contributed by atoms with E-state index < -0.39 is 0 Å². The monoisotopic (exact) mass is 295 g/mol. The van der Waals surface area contributed by atoms with Crippen LogP contribution in [0.25, 0.3) is 0 Å². The first kappa shape index (κ1) is 11.5. The van der Waals surface area contributed by atoms with Gasteiger partial charge in [0.1, 0.15) is 0 Å². The van der Waals surface area contributed by atoms with Crippen LogP contribution in [0, 0.1) is 0 Å². The number of halogens is 1. The summed E-state index contributed by atoms with van der Waals surface area (Å²) >= 11 is 3.59. The van der Waals surface area contributed by atoms with Gasteiger partial charge in [-0.15, -0.1) is 0 Å².